The van der Waals surface area contributed by atoms with Crippen molar-refractivity contribution in [1.82, 2.24) is 15.0 Å². The maximum Gasteiger partial charge on any atom is 0.424 e. The fraction of sp³-hybridized carbons (Fsp3) is 0.227. The largest absolute Gasteiger partial charge is 0.463 e. The molecule has 0 spiro atoms. The lowest BCUT2D eigenvalue weighted by Gasteiger charge is -2.28. The highest BCUT2D eigenvalue weighted by atomic mass is 19.4. The van der Waals surface area contributed by atoms with Crippen molar-refractivity contribution in [3.63, 3.8) is 0 Å². The second kappa shape index (κ2) is 7.99. The van der Waals surface area contributed by atoms with E-state index in [9.17, 15) is 18.3 Å². The van der Waals surface area contributed by atoms with E-state index in [2.05, 4.69) is 20.3 Å². The summed E-state index contributed by atoms with van der Waals surface area (Å²) in [5.41, 5.74) is -1.82. The van der Waals surface area contributed by atoms with Crippen LogP contribution in [0.2, 0.25) is 0 Å². The Morgan fingerprint density at radius 3 is 2.52 bits per heavy atom. The molecule has 0 unspecified atom stereocenters. The first-order valence-electron chi connectivity index (χ1n) is 9.55. The third-order valence-electron chi connectivity index (χ3n) is 4.92. The topological polar surface area (TPSA) is 84.1 Å². The first-order valence-corrected chi connectivity index (χ1v) is 9.55. The average molecular weight is 428 g/mol. The molecule has 3 aromatic heterocycles. The number of aliphatic hydroxyl groups is 1. The summed E-state index contributed by atoms with van der Waals surface area (Å²) < 4.78 is 46.2. The summed E-state index contributed by atoms with van der Waals surface area (Å²) in [6, 6.07) is 13.2. The molecule has 31 heavy (non-hydrogen) atoms. The van der Waals surface area contributed by atoms with E-state index in [0.717, 1.165) is 6.07 Å². The van der Waals surface area contributed by atoms with Crippen LogP contribution >= 0.6 is 0 Å². The molecule has 1 aromatic carbocycles. The third-order valence-corrected chi connectivity index (χ3v) is 4.92. The third kappa shape index (κ3) is 4.09. The fourth-order valence-electron chi connectivity index (χ4n) is 3.26. The lowest BCUT2D eigenvalue weighted by molar-refractivity contribution is -0.274. The number of hydrogen-bond donors (Lipinski definition) is 2. The van der Waals surface area contributed by atoms with Gasteiger partial charge in [0.15, 0.2) is 5.82 Å². The number of fused-ring (bicyclic) bond motifs is 1. The molecule has 2 N–H and O–H groups in total. The van der Waals surface area contributed by atoms with Crippen LogP contribution in [0.25, 0.3) is 22.3 Å². The fourth-order valence-corrected chi connectivity index (χ4v) is 3.26. The van der Waals surface area contributed by atoms with Gasteiger partial charge in [-0.15, -0.1) is 0 Å². The second-order valence-electron chi connectivity index (χ2n) is 7.10. The number of alkyl halides is 3. The van der Waals surface area contributed by atoms with Gasteiger partial charge in [0, 0.05) is 36.3 Å². The minimum Gasteiger partial charge on any atom is -0.463 e. The maximum atomic E-state index is 13.7. The summed E-state index contributed by atoms with van der Waals surface area (Å²) in [5, 5.41) is 14.0. The Morgan fingerprint density at radius 1 is 1.03 bits per heavy atom. The monoisotopic (exact) mass is 428 g/mol. The van der Waals surface area contributed by atoms with Crippen molar-refractivity contribution in [2.45, 2.75) is 25.1 Å². The summed E-state index contributed by atoms with van der Waals surface area (Å²) >= 11 is 0. The van der Waals surface area contributed by atoms with Gasteiger partial charge in [-0.05, 0) is 43.3 Å². The van der Waals surface area contributed by atoms with Gasteiger partial charge in [-0.2, -0.15) is 13.2 Å². The minimum atomic E-state index is -4.91. The van der Waals surface area contributed by atoms with Crippen molar-refractivity contribution in [3.05, 3.63) is 72.4 Å². The molecule has 0 aliphatic heterocycles. The molecule has 0 saturated heterocycles. The predicted molar refractivity (Wildman–Crippen MR) is 109 cm³/mol. The van der Waals surface area contributed by atoms with Crippen molar-refractivity contribution in [1.29, 1.82) is 0 Å². The number of aryl methyl sites for hydroxylation is 1. The van der Waals surface area contributed by atoms with Crippen LogP contribution in [0.1, 0.15) is 17.9 Å². The van der Waals surface area contributed by atoms with Gasteiger partial charge >= 0.3 is 6.18 Å². The minimum absolute atomic E-state index is 0.205. The highest BCUT2D eigenvalue weighted by Gasteiger charge is 2.56. The van der Waals surface area contributed by atoms with Gasteiger partial charge in [-0.3, -0.25) is 4.98 Å². The van der Waals surface area contributed by atoms with Crippen molar-refractivity contribution >= 4 is 16.7 Å². The van der Waals surface area contributed by atoms with Crippen LogP contribution in [0.5, 0.6) is 0 Å². The Morgan fingerprint density at radius 2 is 1.84 bits per heavy atom. The van der Waals surface area contributed by atoms with Gasteiger partial charge in [0.2, 0.25) is 5.60 Å². The number of hydrogen-bond acceptors (Lipinski definition) is 6. The van der Waals surface area contributed by atoms with Crippen LogP contribution in [0.3, 0.4) is 0 Å². The first-order chi connectivity index (χ1) is 14.8. The summed E-state index contributed by atoms with van der Waals surface area (Å²) in [6.07, 6.45) is -2.34. The van der Waals surface area contributed by atoms with Crippen LogP contribution < -0.4 is 5.32 Å². The number of rotatable bonds is 6. The first kappa shape index (κ1) is 20.8. The van der Waals surface area contributed by atoms with E-state index < -0.39 is 24.0 Å². The van der Waals surface area contributed by atoms with Crippen LogP contribution in [0.15, 0.2) is 65.3 Å². The van der Waals surface area contributed by atoms with Crippen molar-refractivity contribution < 1.29 is 22.7 Å². The van der Waals surface area contributed by atoms with Crippen molar-refractivity contribution in [2.24, 2.45) is 0 Å². The van der Waals surface area contributed by atoms with Crippen LogP contribution in [0.4, 0.5) is 19.0 Å². The molecule has 3 heterocycles. The van der Waals surface area contributed by atoms with Crippen molar-refractivity contribution in [2.75, 3.05) is 11.9 Å². The highest BCUT2D eigenvalue weighted by molar-refractivity contribution is 5.90. The summed E-state index contributed by atoms with van der Waals surface area (Å²) in [7, 11) is 0. The Balaban J connectivity index is 1.64. The molecule has 0 amide bonds. The van der Waals surface area contributed by atoms with Crippen LogP contribution in [-0.4, -0.2) is 32.8 Å². The number of nitrogens with one attached hydrogen (secondary N) is 1. The Hall–Kier alpha value is -3.46. The van der Waals surface area contributed by atoms with E-state index in [1.807, 2.05) is 6.07 Å². The van der Waals surface area contributed by atoms with E-state index in [-0.39, 0.29) is 12.3 Å². The molecule has 0 aliphatic rings. The summed E-state index contributed by atoms with van der Waals surface area (Å²) in [4.78, 5) is 13.1. The second-order valence-corrected chi connectivity index (χ2v) is 7.10. The molecule has 0 bridgehead atoms. The number of para-hydroxylation sites is 1. The van der Waals surface area contributed by atoms with Crippen LogP contribution in [0, 0.1) is 6.92 Å². The normalized spacial score (nSPS) is 13.8. The number of anilines is 1. The number of nitrogens with zero attached hydrogens (tertiary/aromatic N) is 3. The standard InChI is InChI=1S/C22H19F3N4O2/c1-14-8-9-18(31-14)21(30,22(23,24)25)10-12-27-20-16-6-2-3-7-17(16)28-19(29-20)15-5-4-11-26-13-15/h2-9,11,13,30H,10,12H2,1H3,(H,27,28,29)/t21-/m1/s1. The van der Waals surface area contributed by atoms with Gasteiger partial charge < -0.3 is 14.8 Å². The molecule has 0 saturated carbocycles. The van der Waals surface area contributed by atoms with Gasteiger partial charge in [0.1, 0.15) is 17.3 Å². The molecule has 0 aliphatic carbocycles. The molecular weight excluding hydrogens is 409 g/mol. The average Bonchev–Trinajstić information content (AvgIpc) is 3.20. The van der Waals surface area contributed by atoms with E-state index >= 15 is 0 Å². The summed E-state index contributed by atoms with van der Waals surface area (Å²) in [6.45, 7) is 1.31. The molecule has 6 nitrogen and oxygen atoms in total. The van der Waals surface area contributed by atoms with E-state index in [1.54, 1.807) is 42.7 Å². The number of furan rings is 1. The zero-order valence-electron chi connectivity index (χ0n) is 16.5. The van der Waals surface area contributed by atoms with E-state index in [1.165, 1.54) is 13.0 Å². The lowest BCUT2D eigenvalue weighted by atomic mass is 9.95. The zero-order chi connectivity index (χ0) is 22.1. The highest BCUT2D eigenvalue weighted by Crippen LogP contribution is 2.42. The van der Waals surface area contributed by atoms with E-state index in [0.29, 0.717) is 28.1 Å². The van der Waals surface area contributed by atoms with Gasteiger partial charge in [0.25, 0.3) is 0 Å². The van der Waals surface area contributed by atoms with Gasteiger partial charge in [-0.25, -0.2) is 9.97 Å². The SMILES string of the molecule is Cc1ccc([C@](O)(CCNc2nc(-c3cccnc3)nc3ccccc23)C(F)(F)F)o1. The molecule has 4 rings (SSSR count). The van der Waals surface area contributed by atoms with Gasteiger partial charge in [-0.1, -0.05) is 12.1 Å². The number of benzene rings is 1. The number of aromatic nitrogens is 3. The molecule has 9 heteroatoms. The summed E-state index contributed by atoms with van der Waals surface area (Å²) in [5.74, 6) is 0.503. The van der Waals surface area contributed by atoms with Gasteiger partial charge in [0.05, 0.1) is 5.52 Å². The van der Waals surface area contributed by atoms with Crippen molar-refractivity contribution in [3.8, 4) is 11.4 Å². The molecule has 0 radical (unpaired) electrons. The quantitative estimate of drug-likeness (QED) is 0.457. The number of pyridine rings is 1. The molecule has 4 aromatic rings. The Kier molecular flexibility index (Phi) is 5.36. The zero-order valence-corrected chi connectivity index (χ0v) is 16.5. The Labute approximate surface area is 175 Å². The van der Waals surface area contributed by atoms with E-state index in [4.69, 9.17) is 4.42 Å². The molecule has 0 fully saturated rings. The smallest absolute Gasteiger partial charge is 0.424 e. The maximum absolute atomic E-state index is 13.7. The lowest BCUT2D eigenvalue weighted by Crippen LogP contribution is -2.43. The van der Waals surface area contributed by atoms with Crippen LogP contribution in [-0.2, 0) is 5.60 Å². The molecule has 1 atom stereocenters. The Bertz CT molecular complexity index is 1190. The molecule has 160 valence electrons. The number of halogens is 3. The predicted octanol–water partition coefficient (Wildman–Crippen LogP) is 4.85. The molecular formula is C22H19F3N4O2.